The van der Waals surface area contributed by atoms with Crippen molar-refractivity contribution < 1.29 is 5.11 Å². The fraction of sp³-hybridized carbons (Fsp3) is 0.214. The number of phenols is 1. The van der Waals surface area contributed by atoms with Crippen LogP contribution >= 0.6 is 11.6 Å². The van der Waals surface area contributed by atoms with Gasteiger partial charge in [0.25, 0.3) is 0 Å². The van der Waals surface area contributed by atoms with Crippen LogP contribution < -0.4 is 5.32 Å². The van der Waals surface area contributed by atoms with E-state index in [2.05, 4.69) is 10.3 Å². The number of pyridine rings is 1. The Hall–Kier alpha value is -1.74. The lowest BCUT2D eigenvalue weighted by atomic mass is 10.2. The molecular weight excluding hydrogens is 248 g/mol. The van der Waals surface area contributed by atoms with Gasteiger partial charge in [0.05, 0.1) is 16.4 Å². The van der Waals surface area contributed by atoms with E-state index in [0.717, 1.165) is 22.6 Å². The van der Waals surface area contributed by atoms with Gasteiger partial charge in [-0.1, -0.05) is 23.7 Å². The summed E-state index contributed by atoms with van der Waals surface area (Å²) >= 11 is 5.86. The van der Waals surface area contributed by atoms with Crippen molar-refractivity contribution in [3.63, 3.8) is 0 Å². The fourth-order valence-electron chi connectivity index (χ4n) is 1.77. The second-order valence-electron chi connectivity index (χ2n) is 4.19. The molecule has 0 saturated carbocycles. The molecule has 0 aliphatic carbocycles. The molecule has 18 heavy (non-hydrogen) atoms. The monoisotopic (exact) mass is 262 g/mol. The van der Waals surface area contributed by atoms with Gasteiger partial charge in [-0.2, -0.15) is 0 Å². The molecule has 0 aliphatic heterocycles. The zero-order valence-electron chi connectivity index (χ0n) is 10.4. The number of halogens is 1. The maximum Gasteiger partial charge on any atom is 0.139 e. The minimum atomic E-state index is 0.129. The van der Waals surface area contributed by atoms with Gasteiger partial charge in [0.1, 0.15) is 5.75 Å². The number of hydrogen-bond acceptors (Lipinski definition) is 3. The maximum absolute atomic E-state index is 9.80. The van der Waals surface area contributed by atoms with Crippen molar-refractivity contribution in [1.29, 1.82) is 0 Å². The first kappa shape index (κ1) is 12.7. The average molecular weight is 263 g/mol. The van der Waals surface area contributed by atoms with E-state index in [1.807, 2.05) is 38.1 Å². The molecule has 4 heteroatoms. The van der Waals surface area contributed by atoms with Crippen LogP contribution in [0.2, 0.25) is 5.02 Å². The van der Waals surface area contributed by atoms with E-state index < -0.39 is 0 Å². The third-order valence-electron chi connectivity index (χ3n) is 2.76. The predicted octanol–water partition coefficient (Wildman–Crippen LogP) is 3.67. The van der Waals surface area contributed by atoms with Crippen LogP contribution in [0.5, 0.6) is 5.75 Å². The van der Waals surface area contributed by atoms with Crippen LogP contribution in [0.15, 0.2) is 30.3 Å². The lowest BCUT2D eigenvalue weighted by Gasteiger charge is -2.11. The summed E-state index contributed by atoms with van der Waals surface area (Å²) in [6, 6.07) is 9.26. The first-order valence-electron chi connectivity index (χ1n) is 5.72. The number of aryl methyl sites for hydroxylation is 2. The number of benzene rings is 1. The molecule has 0 atom stereocenters. The minimum absolute atomic E-state index is 0.129. The molecule has 2 aromatic rings. The van der Waals surface area contributed by atoms with Gasteiger partial charge in [-0.25, -0.2) is 0 Å². The van der Waals surface area contributed by atoms with Crippen LogP contribution in [0, 0.1) is 13.8 Å². The van der Waals surface area contributed by atoms with Crippen LogP contribution in [0.1, 0.15) is 17.0 Å². The molecule has 3 nitrogen and oxygen atoms in total. The summed E-state index contributed by atoms with van der Waals surface area (Å²) in [6.45, 7) is 4.42. The number of aromatic nitrogens is 1. The van der Waals surface area contributed by atoms with E-state index in [1.165, 1.54) is 0 Å². The van der Waals surface area contributed by atoms with Crippen molar-refractivity contribution in [2.45, 2.75) is 20.4 Å². The Kier molecular flexibility index (Phi) is 3.72. The van der Waals surface area contributed by atoms with Crippen molar-refractivity contribution >= 4 is 17.3 Å². The van der Waals surface area contributed by atoms with Crippen molar-refractivity contribution in [1.82, 2.24) is 4.98 Å². The molecule has 0 aliphatic rings. The predicted molar refractivity (Wildman–Crippen MR) is 74.2 cm³/mol. The van der Waals surface area contributed by atoms with Crippen molar-refractivity contribution in [3.05, 3.63) is 52.3 Å². The third-order valence-corrected chi connectivity index (χ3v) is 3.07. The van der Waals surface area contributed by atoms with Crippen LogP contribution in [0.3, 0.4) is 0 Å². The molecule has 1 aromatic carbocycles. The molecular formula is C14H15ClN2O. The standard InChI is InChI=1S/C14H15ClN2O/c1-9-6-7-13(10(2)17-9)16-8-11-4-3-5-12(15)14(11)18/h3-7,16,18H,8H2,1-2H3. The Morgan fingerprint density at radius 2 is 2.00 bits per heavy atom. The highest BCUT2D eigenvalue weighted by molar-refractivity contribution is 6.32. The highest BCUT2D eigenvalue weighted by atomic mass is 35.5. The molecule has 0 radical (unpaired) electrons. The van der Waals surface area contributed by atoms with E-state index in [4.69, 9.17) is 11.6 Å². The zero-order chi connectivity index (χ0) is 13.1. The number of nitrogens with one attached hydrogen (secondary N) is 1. The van der Waals surface area contributed by atoms with Crippen molar-refractivity contribution in [2.24, 2.45) is 0 Å². The lowest BCUT2D eigenvalue weighted by Crippen LogP contribution is -2.03. The molecule has 2 N–H and O–H groups in total. The Balaban J connectivity index is 2.14. The SMILES string of the molecule is Cc1ccc(NCc2cccc(Cl)c2O)c(C)n1. The van der Waals surface area contributed by atoms with E-state index in [1.54, 1.807) is 6.07 Å². The number of nitrogens with zero attached hydrogens (tertiary/aromatic N) is 1. The molecule has 0 spiro atoms. The van der Waals surface area contributed by atoms with Crippen LogP contribution in [0.25, 0.3) is 0 Å². The molecule has 2 rings (SSSR count). The minimum Gasteiger partial charge on any atom is -0.506 e. The van der Waals surface area contributed by atoms with Gasteiger partial charge in [-0.05, 0) is 32.0 Å². The van der Waals surface area contributed by atoms with Gasteiger partial charge in [0, 0.05) is 17.8 Å². The van der Waals surface area contributed by atoms with Gasteiger partial charge < -0.3 is 10.4 Å². The van der Waals surface area contributed by atoms with Crippen molar-refractivity contribution in [3.8, 4) is 5.75 Å². The molecule has 0 amide bonds. The largest absolute Gasteiger partial charge is 0.506 e. The number of phenolic OH excluding ortho intramolecular Hbond substituents is 1. The normalized spacial score (nSPS) is 10.4. The van der Waals surface area contributed by atoms with E-state index in [-0.39, 0.29) is 5.75 Å². The zero-order valence-corrected chi connectivity index (χ0v) is 11.1. The first-order valence-corrected chi connectivity index (χ1v) is 6.10. The lowest BCUT2D eigenvalue weighted by molar-refractivity contribution is 0.469. The number of anilines is 1. The highest BCUT2D eigenvalue weighted by Crippen LogP contribution is 2.27. The van der Waals surface area contributed by atoms with Gasteiger partial charge >= 0.3 is 0 Å². The van der Waals surface area contributed by atoms with Crippen LogP contribution in [-0.2, 0) is 6.54 Å². The molecule has 0 unspecified atom stereocenters. The summed E-state index contributed by atoms with van der Waals surface area (Å²) in [5, 5.41) is 13.4. The number of hydrogen-bond donors (Lipinski definition) is 2. The number of para-hydroxylation sites is 1. The molecule has 0 bridgehead atoms. The second-order valence-corrected chi connectivity index (χ2v) is 4.59. The average Bonchev–Trinajstić information content (AvgIpc) is 2.33. The van der Waals surface area contributed by atoms with Crippen LogP contribution in [0.4, 0.5) is 5.69 Å². The Morgan fingerprint density at radius 3 is 2.72 bits per heavy atom. The van der Waals surface area contributed by atoms with Gasteiger partial charge in [0.2, 0.25) is 0 Å². The number of rotatable bonds is 3. The van der Waals surface area contributed by atoms with E-state index in [0.29, 0.717) is 11.6 Å². The maximum atomic E-state index is 9.80. The van der Waals surface area contributed by atoms with Crippen molar-refractivity contribution in [2.75, 3.05) is 5.32 Å². The summed E-state index contributed by atoms with van der Waals surface area (Å²) in [5.74, 6) is 0.129. The topological polar surface area (TPSA) is 45.1 Å². The third kappa shape index (κ3) is 2.74. The molecule has 1 aromatic heterocycles. The van der Waals surface area contributed by atoms with Gasteiger partial charge in [-0.15, -0.1) is 0 Å². The summed E-state index contributed by atoms with van der Waals surface area (Å²) in [5.41, 5.74) is 3.66. The molecule has 1 heterocycles. The highest BCUT2D eigenvalue weighted by Gasteiger charge is 2.05. The second kappa shape index (κ2) is 5.27. The van der Waals surface area contributed by atoms with Gasteiger partial charge in [-0.3, -0.25) is 4.98 Å². The summed E-state index contributed by atoms with van der Waals surface area (Å²) in [6.07, 6.45) is 0. The molecule has 0 fully saturated rings. The fourth-order valence-corrected chi connectivity index (χ4v) is 1.96. The van der Waals surface area contributed by atoms with E-state index >= 15 is 0 Å². The van der Waals surface area contributed by atoms with Gasteiger partial charge in [0.15, 0.2) is 0 Å². The summed E-state index contributed by atoms with van der Waals surface area (Å²) in [4.78, 5) is 4.37. The molecule has 0 saturated heterocycles. The Labute approximate surface area is 111 Å². The quantitative estimate of drug-likeness (QED) is 0.887. The summed E-state index contributed by atoms with van der Waals surface area (Å²) in [7, 11) is 0. The smallest absolute Gasteiger partial charge is 0.139 e. The molecule has 94 valence electrons. The Bertz CT molecular complexity index is 570. The summed E-state index contributed by atoms with van der Waals surface area (Å²) < 4.78 is 0. The van der Waals surface area contributed by atoms with E-state index in [9.17, 15) is 5.11 Å². The Morgan fingerprint density at radius 1 is 1.22 bits per heavy atom. The number of aromatic hydroxyl groups is 1. The van der Waals surface area contributed by atoms with Crippen LogP contribution in [-0.4, -0.2) is 10.1 Å². The first-order chi connectivity index (χ1) is 8.58.